The molecule has 0 radical (unpaired) electrons. The van der Waals surface area contributed by atoms with Gasteiger partial charge in [0.05, 0.1) is 7.11 Å². The van der Waals surface area contributed by atoms with Gasteiger partial charge in [-0.15, -0.1) is 0 Å². The van der Waals surface area contributed by atoms with Crippen LogP contribution in [0.5, 0.6) is 5.75 Å². The lowest BCUT2D eigenvalue weighted by atomic mass is 10.00. The Morgan fingerprint density at radius 3 is 2.50 bits per heavy atom. The van der Waals surface area contributed by atoms with E-state index in [4.69, 9.17) is 9.94 Å². The van der Waals surface area contributed by atoms with E-state index < -0.39 is 0 Å². The molecule has 106 valence electrons. The number of hydroxylamine groups is 1. The lowest BCUT2D eigenvalue weighted by molar-refractivity contribution is 0.161. The summed E-state index contributed by atoms with van der Waals surface area (Å²) in [5.41, 5.74) is 5.97. The largest absolute Gasteiger partial charge is 0.497 e. The third-order valence-electron chi connectivity index (χ3n) is 3.31. The average molecular weight is 383 g/mol. The Bertz CT molecular complexity index is 555. The van der Waals surface area contributed by atoms with Crippen LogP contribution >= 0.6 is 22.6 Å². The number of benzene rings is 2. The molecule has 0 spiro atoms. The highest BCUT2D eigenvalue weighted by Crippen LogP contribution is 2.20. The zero-order chi connectivity index (χ0) is 14.4. The van der Waals surface area contributed by atoms with Crippen molar-refractivity contribution in [1.29, 1.82) is 0 Å². The van der Waals surface area contributed by atoms with Crippen LogP contribution in [0.3, 0.4) is 0 Å². The first-order chi connectivity index (χ1) is 9.74. The summed E-state index contributed by atoms with van der Waals surface area (Å²) >= 11 is 2.35. The fraction of sp³-hybridized carbons (Fsp3) is 0.250. The van der Waals surface area contributed by atoms with Gasteiger partial charge in [0.25, 0.3) is 0 Å². The maximum atomic E-state index is 8.91. The van der Waals surface area contributed by atoms with Crippen LogP contribution in [0.25, 0.3) is 0 Å². The van der Waals surface area contributed by atoms with Crippen molar-refractivity contribution in [3.05, 3.63) is 62.7 Å². The molecule has 0 aliphatic rings. The maximum absolute atomic E-state index is 8.91. The number of nitrogens with one attached hydrogen (secondary N) is 1. The van der Waals surface area contributed by atoms with Gasteiger partial charge in [0.15, 0.2) is 0 Å². The molecule has 0 saturated heterocycles. The van der Waals surface area contributed by atoms with Crippen molar-refractivity contribution < 1.29 is 9.94 Å². The minimum Gasteiger partial charge on any atom is -0.497 e. The highest BCUT2D eigenvalue weighted by Gasteiger charge is 2.06. The second-order valence-electron chi connectivity index (χ2n) is 4.56. The van der Waals surface area contributed by atoms with E-state index in [9.17, 15) is 0 Å². The van der Waals surface area contributed by atoms with Gasteiger partial charge in [-0.3, -0.25) is 0 Å². The number of rotatable bonds is 6. The van der Waals surface area contributed by atoms with Gasteiger partial charge in [-0.1, -0.05) is 24.3 Å². The van der Waals surface area contributed by atoms with Crippen molar-refractivity contribution >= 4 is 22.6 Å². The van der Waals surface area contributed by atoms with Gasteiger partial charge < -0.3 is 9.94 Å². The van der Waals surface area contributed by atoms with Gasteiger partial charge in [-0.25, -0.2) is 5.48 Å². The monoisotopic (exact) mass is 383 g/mol. The number of aryl methyl sites for hydroxylation is 1. The molecule has 0 atom stereocenters. The molecule has 0 fully saturated rings. The summed E-state index contributed by atoms with van der Waals surface area (Å²) in [7, 11) is 1.68. The van der Waals surface area contributed by atoms with Crippen molar-refractivity contribution in [3.63, 3.8) is 0 Å². The van der Waals surface area contributed by atoms with Crippen LogP contribution in [-0.4, -0.2) is 12.3 Å². The molecule has 2 aromatic carbocycles. The van der Waals surface area contributed by atoms with Gasteiger partial charge in [0.2, 0.25) is 0 Å². The summed E-state index contributed by atoms with van der Waals surface area (Å²) in [6.07, 6.45) is 1.94. The predicted octanol–water partition coefficient (Wildman–Crippen LogP) is 3.56. The molecule has 0 unspecified atom stereocenters. The fourth-order valence-corrected chi connectivity index (χ4v) is 3.02. The number of methoxy groups -OCH3 is 1. The second-order valence-corrected chi connectivity index (χ2v) is 5.72. The first-order valence-corrected chi connectivity index (χ1v) is 7.58. The Morgan fingerprint density at radius 1 is 1.10 bits per heavy atom. The lowest BCUT2D eigenvalue weighted by Gasteiger charge is -2.11. The molecule has 2 aromatic rings. The van der Waals surface area contributed by atoms with E-state index in [0.717, 1.165) is 24.2 Å². The normalized spacial score (nSPS) is 10.6. The van der Waals surface area contributed by atoms with Gasteiger partial charge in [-0.2, -0.15) is 0 Å². The smallest absolute Gasteiger partial charge is 0.118 e. The Hall–Kier alpha value is -1.11. The second kappa shape index (κ2) is 7.61. The van der Waals surface area contributed by atoms with E-state index in [-0.39, 0.29) is 0 Å². The fourth-order valence-electron chi connectivity index (χ4n) is 2.20. The highest BCUT2D eigenvalue weighted by molar-refractivity contribution is 14.1. The molecule has 0 aromatic heterocycles. The van der Waals surface area contributed by atoms with E-state index >= 15 is 0 Å². The molecule has 4 heteroatoms. The number of hydrogen-bond donors (Lipinski definition) is 2. The molecule has 2 rings (SSSR count). The van der Waals surface area contributed by atoms with Crippen LogP contribution in [0.1, 0.15) is 16.7 Å². The van der Waals surface area contributed by atoms with Crippen molar-refractivity contribution in [3.8, 4) is 5.75 Å². The zero-order valence-electron chi connectivity index (χ0n) is 11.4. The minimum absolute atomic E-state index is 0.481. The zero-order valence-corrected chi connectivity index (χ0v) is 13.6. The van der Waals surface area contributed by atoms with Crippen molar-refractivity contribution in [2.75, 3.05) is 7.11 Å². The van der Waals surface area contributed by atoms with Crippen molar-refractivity contribution in [1.82, 2.24) is 5.48 Å². The number of ether oxygens (including phenoxy) is 1. The molecule has 20 heavy (non-hydrogen) atoms. The van der Waals surface area contributed by atoms with Crippen LogP contribution in [-0.2, 0) is 19.4 Å². The van der Waals surface area contributed by atoms with Crippen LogP contribution in [0.4, 0.5) is 0 Å². The Morgan fingerprint density at radius 2 is 1.85 bits per heavy atom. The molecule has 0 amide bonds. The van der Waals surface area contributed by atoms with Gasteiger partial charge in [0.1, 0.15) is 5.75 Å². The summed E-state index contributed by atoms with van der Waals surface area (Å²) in [6.45, 7) is 0.481. The van der Waals surface area contributed by atoms with E-state index in [0.29, 0.717) is 6.54 Å². The Labute approximate surface area is 133 Å². The molecular formula is C16H18INO2. The average Bonchev–Trinajstić information content (AvgIpc) is 2.47. The van der Waals surface area contributed by atoms with E-state index in [1.165, 1.54) is 14.7 Å². The van der Waals surface area contributed by atoms with Gasteiger partial charge >= 0.3 is 0 Å². The first-order valence-electron chi connectivity index (χ1n) is 6.50. The molecule has 0 heterocycles. The molecule has 3 nitrogen and oxygen atoms in total. The molecule has 0 aliphatic carbocycles. The third-order valence-corrected chi connectivity index (χ3v) is 4.32. The van der Waals surface area contributed by atoms with Crippen LogP contribution < -0.4 is 10.2 Å². The van der Waals surface area contributed by atoms with Crippen LogP contribution in [0.15, 0.2) is 42.5 Å². The van der Waals surface area contributed by atoms with Gasteiger partial charge in [0, 0.05) is 10.1 Å². The summed E-state index contributed by atoms with van der Waals surface area (Å²) < 4.78 is 6.40. The molecule has 0 aliphatic heterocycles. The minimum atomic E-state index is 0.481. The summed E-state index contributed by atoms with van der Waals surface area (Å²) in [5, 5.41) is 8.91. The summed E-state index contributed by atoms with van der Waals surface area (Å²) in [6, 6.07) is 14.3. The first kappa shape index (κ1) is 15.3. The highest BCUT2D eigenvalue weighted by atomic mass is 127. The quantitative estimate of drug-likeness (QED) is 0.592. The molecule has 2 N–H and O–H groups in total. The Balaban J connectivity index is 2.09. The molecule has 0 bridgehead atoms. The molecular weight excluding hydrogens is 365 g/mol. The number of halogens is 1. The lowest BCUT2D eigenvalue weighted by Crippen LogP contribution is -2.10. The van der Waals surface area contributed by atoms with E-state index in [1.807, 2.05) is 18.2 Å². The maximum Gasteiger partial charge on any atom is 0.118 e. The third kappa shape index (κ3) is 3.94. The Kier molecular flexibility index (Phi) is 5.82. The summed E-state index contributed by atoms with van der Waals surface area (Å²) in [5.74, 6) is 0.883. The number of hydrogen-bond acceptors (Lipinski definition) is 3. The van der Waals surface area contributed by atoms with Crippen molar-refractivity contribution in [2.24, 2.45) is 0 Å². The van der Waals surface area contributed by atoms with E-state index in [2.05, 4.69) is 52.3 Å². The van der Waals surface area contributed by atoms with Gasteiger partial charge in [-0.05, 0) is 70.3 Å². The SMILES string of the molecule is COc1ccc(CCc2c(I)cccc2CNO)cc1. The summed E-state index contributed by atoms with van der Waals surface area (Å²) in [4.78, 5) is 0. The van der Waals surface area contributed by atoms with E-state index in [1.54, 1.807) is 7.11 Å². The topological polar surface area (TPSA) is 41.5 Å². The molecule has 0 saturated carbocycles. The van der Waals surface area contributed by atoms with Crippen molar-refractivity contribution in [2.45, 2.75) is 19.4 Å². The standard InChI is InChI=1S/C16H18INO2/c1-20-14-8-5-12(6-9-14)7-10-15-13(11-18-19)3-2-4-16(15)17/h2-6,8-9,18-19H,7,10-11H2,1H3. The van der Waals surface area contributed by atoms with Crippen LogP contribution in [0.2, 0.25) is 0 Å². The predicted molar refractivity (Wildman–Crippen MR) is 88.2 cm³/mol. The van der Waals surface area contributed by atoms with Crippen LogP contribution in [0, 0.1) is 3.57 Å².